The zero-order valence-corrected chi connectivity index (χ0v) is 19.0. The van der Waals surface area contributed by atoms with Crippen molar-refractivity contribution in [2.45, 2.75) is 11.8 Å². The molecular formula is C22H27N3O6S. The standard InChI is InChI=1S/C22H27N3O6S/c1-16-3-5-19(29-2)18(13-16)23-22(26)15-24-7-9-25(10-8-24)32(27,28)17-4-6-20-21(14-17)31-12-11-30-20/h3-6,13-14H,7-12,15H2,1-2H3,(H,23,26). The van der Waals surface area contributed by atoms with E-state index < -0.39 is 10.0 Å². The molecule has 32 heavy (non-hydrogen) atoms. The Hall–Kier alpha value is -2.82. The highest BCUT2D eigenvalue weighted by molar-refractivity contribution is 7.89. The molecular weight excluding hydrogens is 434 g/mol. The van der Waals surface area contributed by atoms with Gasteiger partial charge in [-0.15, -0.1) is 0 Å². The van der Waals surface area contributed by atoms with Gasteiger partial charge in [0.15, 0.2) is 11.5 Å². The molecule has 0 aromatic heterocycles. The highest BCUT2D eigenvalue weighted by atomic mass is 32.2. The summed E-state index contributed by atoms with van der Waals surface area (Å²) in [6, 6.07) is 10.3. The van der Waals surface area contributed by atoms with E-state index in [4.69, 9.17) is 14.2 Å². The summed E-state index contributed by atoms with van der Waals surface area (Å²) in [5, 5.41) is 2.88. The van der Waals surface area contributed by atoms with Gasteiger partial charge in [-0.05, 0) is 36.8 Å². The van der Waals surface area contributed by atoms with Crippen LogP contribution in [0.5, 0.6) is 17.2 Å². The summed E-state index contributed by atoms with van der Waals surface area (Å²) in [4.78, 5) is 14.6. The molecule has 9 nitrogen and oxygen atoms in total. The van der Waals surface area contributed by atoms with Crippen LogP contribution in [0.1, 0.15) is 5.56 Å². The van der Waals surface area contributed by atoms with Gasteiger partial charge in [0.1, 0.15) is 19.0 Å². The lowest BCUT2D eigenvalue weighted by Crippen LogP contribution is -2.50. The Bertz CT molecular complexity index is 1100. The molecule has 172 valence electrons. The molecule has 1 fully saturated rings. The van der Waals surface area contributed by atoms with E-state index in [-0.39, 0.29) is 17.3 Å². The maximum absolute atomic E-state index is 13.1. The Morgan fingerprint density at radius 2 is 1.75 bits per heavy atom. The molecule has 2 aliphatic heterocycles. The molecule has 10 heteroatoms. The molecule has 0 spiro atoms. The lowest BCUT2D eigenvalue weighted by atomic mass is 10.2. The fourth-order valence-electron chi connectivity index (χ4n) is 3.77. The molecule has 4 rings (SSSR count). The average Bonchev–Trinajstić information content (AvgIpc) is 2.79. The van der Waals surface area contributed by atoms with Crippen LogP contribution in [0.4, 0.5) is 5.69 Å². The van der Waals surface area contributed by atoms with E-state index in [1.165, 1.54) is 16.4 Å². The maximum atomic E-state index is 13.1. The van der Waals surface area contributed by atoms with Crippen LogP contribution >= 0.6 is 0 Å². The topological polar surface area (TPSA) is 97.4 Å². The highest BCUT2D eigenvalue weighted by Gasteiger charge is 2.30. The van der Waals surface area contributed by atoms with Crippen LogP contribution in [0.25, 0.3) is 0 Å². The SMILES string of the molecule is COc1ccc(C)cc1NC(=O)CN1CCN(S(=O)(=O)c2ccc3c(c2)OCCO3)CC1. The Morgan fingerprint density at radius 1 is 1.03 bits per heavy atom. The Morgan fingerprint density at radius 3 is 2.47 bits per heavy atom. The highest BCUT2D eigenvalue weighted by Crippen LogP contribution is 2.33. The largest absolute Gasteiger partial charge is 0.495 e. The third kappa shape index (κ3) is 4.82. The van der Waals surface area contributed by atoms with Gasteiger partial charge in [0.05, 0.1) is 24.2 Å². The minimum absolute atomic E-state index is 0.169. The van der Waals surface area contributed by atoms with Crippen LogP contribution in [0, 0.1) is 6.92 Å². The zero-order valence-electron chi connectivity index (χ0n) is 18.2. The number of methoxy groups -OCH3 is 1. The van der Waals surface area contributed by atoms with Gasteiger partial charge in [-0.1, -0.05) is 6.07 Å². The number of hydrogen-bond donors (Lipinski definition) is 1. The number of aryl methyl sites for hydroxylation is 1. The van der Waals surface area contributed by atoms with Gasteiger partial charge in [-0.3, -0.25) is 9.69 Å². The quantitative estimate of drug-likeness (QED) is 0.700. The summed E-state index contributed by atoms with van der Waals surface area (Å²) in [5.41, 5.74) is 1.64. The van der Waals surface area contributed by atoms with Gasteiger partial charge in [0, 0.05) is 32.2 Å². The number of fused-ring (bicyclic) bond motifs is 1. The van der Waals surface area contributed by atoms with Crippen LogP contribution < -0.4 is 19.5 Å². The smallest absolute Gasteiger partial charge is 0.243 e. The number of nitrogens with one attached hydrogen (secondary N) is 1. The van der Waals surface area contributed by atoms with E-state index in [0.29, 0.717) is 62.3 Å². The van der Waals surface area contributed by atoms with Crippen molar-refractivity contribution in [3.8, 4) is 17.2 Å². The number of rotatable bonds is 6. The van der Waals surface area contributed by atoms with Crippen LogP contribution in [-0.2, 0) is 14.8 Å². The third-order valence-electron chi connectivity index (χ3n) is 5.48. The molecule has 1 amide bonds. The number of carbonyl (C=O) groups is 1. The molecule has 2 aliphatic rings. The normalized spacial score (nSPS) is 17.1. The summed E-state index contributed by atoms with van der Waals surface area (Å²) < 4.78 is 43.8. The molecule has 0 bridgehead atoms. The number of anilines is 1. The molecule has 1 N–H and O–H groups in total. The number of ether oxygens (including phenoxy) is 3. The predicted octanol–water partition coefficient (Wildman–Crippen LogP) is 1.72. The minimum atomic E-state index is -3.66. The van der Waals surface area contributed by atoms with Crippen molar-refractivity contribution in [1.29, 1.82) is 0 Å². The first-order chi connectivity index (χ1) is 15.4. The van der Waals surface area contributed by atoms with Crippen molar-refractivity contribution in [3.63, 3.8) is 0 Å². The first-order valence-corrected chi connectivity index (χ1v) is 11.9. The van der Waals surface area contributed by atoms with Crippen LogP contribution in [0.2, 0.25) is 0 Å². The fraction of sp³-hybridized carbons (Fsp3) is 0.409. The molecule has 0 radical (unpaired) electrons. The summed E-state index contributed by atoms with van der Waals surface area (Å²) >= 11 is 0. The van der Waals surface area contributed by atoms with E-state index in [1.807, 2.05) is 30.0 Å². The van der Waals surface area contributed by atoms with Crippen LogP contribution in [0.3, 0.4) is 0 Å². The van der Waals surface area contributed by atoms with Crippen molar-refractivity contribution < 1.29 is 27.4 Å². The minimum Gasteiger partial charge on any atom is -0.495 e. The first kappa shape index (κ1) is 22.4. The molecule has 1 saturated heterocycles. The van der Waals surface area contributed by atoms with Crippen molar-refractivity contribution in [3.05, 3.63) is 42.0 Å². The van der Waals surface area contributed by atoms with E-state index in [2.05, 4.69) is 5.32 Å². The first-order valence-electron chi connectivity index (χ1n) is 10.4. The molecule has 0 atom stereocenters. The fourth-order valence-corrected chi connectivity index (χ4v) is 5.21. The van der Waals surface area contributed by atoms with E-state index in [0.717, 1.165) is 5.56 Å². The van der Waals surface area contributed by atoms with Gasteiger partial charge in [0.2, 0.25) is 15.9 Å². The van der Waals surface area contributed by atoms with Crippen molar-refractivity contribution in [2.24, 2.45) is 0 Å². The summed E-state index contributed by atoms with van der Waals surface area (Å²) in [6.07, 6.45) is 0. The lowest BCUT2D eigenvalue weighted by Gasteiger charge is -2.33. The van der Waals surface area contributed by atoms with E-state index in [9.17, 15) is 13.2 Å². The Balaban J connectivity index is 1.35. The molecule has 0 aliphatic carbocycles. The van der Waals surface area contributed by atoms with Gasteiger partial charge in [-0.2, -0.15) is 4.31 Å². The molecule has 0 saturated carbocycles. The van der Waals surface area contributed by atoms with Crippen LogP contribution in [0.15, 0.2) is 41.3 Å². The number of nitrogens with zero attached hydrogens (tertiary/aromatic N) is 2. The number of piperazine rings is 1. The number of amides is 1. The number of benzene rings is 2. The number of carbonyl (C=O) groups excluding carboxylic acids is 1. The van der Waals surface area contributed by atoms with Gasteiger partial charge in [-0.25, -0.2) is 8.42 Å². The zero-order chi connectivity index (χ0) is 22.7. The summed E-state index contributed by atoms with van der Waals surface area (Å²) in [7, 11) is -2.10. The second kappa shape index (κ2) is 9.35. The molecule has 2 heterocycles. The summed E-state index contributed by atoms with van der Waals surface area (Å²) in [5.74, 6) is 1.42. The summed E-state index contributed by atoms with van der Waals surface area (Å²) in [6.45, 7) is 4.49. The maximum Gasteiger partial charge on any atom is 0.243 e. The van der Waals surface area contributed by atoms with Gasteiger partial charge < -0.3 is 19.5 Å². The third-order valence-corrected chi connectivity index (χ3v) is 7.37. The van der Waals surface area contributed by atoms with Crippen LogP contribution in [-0.4, -0.2) is 76.6 Å². The number of hydrogen-bond acceptors (Lipinski definition) is 7. The van der Waals surface area contributed by atoms with E-state index in [1.54, 1.807) is 13.2 Å². The molecule has 2 aromatic rings. The molecule has 0 unspecified atom stereocenters. The van der Waals surface area contributed by atoms with Crippen molar-refractivity contribution in [2.75, 3.05) is 58.4 Å². The molecule has 2 aromatic carbocycles. The Labute approximate surface area is 187 Å². The van der Waals surface area contributed by atoms with Crippen molar-refractivity contribution in [1.82, 2.24) is 9.21 Å². The van der Waals surface area contributed by atoms with Crippen molar-refractivity contribution >= 4 is 21.6 Å². The second-order valence-electron chi connectivity index (χ2n) is 7.74. The average molecular weight is 462 g/mol. The van der Waals surface area contributed by atoms with Gasteiger partial charge in [0.25, 0.3) is 0 Å². The second-order valence-corrected chi connectivity index (χ2v) is 9.68. The van der Waals surface area contributed by atoms with E-state index >= 15 is 0 Å². The lowest BCUT2D eigenvalue weighted by molar-refractivity contribution is -0.117. The van der Waals surface area contributed by atoms with Gasteiger partial charge >= 0.3 is 0 Å². The number of sulfonamides is 1. The predicted molar refractivity (Wildman–Crippen MR) is 119 cm³/mol. The monoisotopic (exact) mass is 461 g/mol. The Kier molecular flexibility index (Phi) is 6.54.